The number of amides is 2. The van der Waals surface area contributed by atoms with Crippen LogP contribution in [0.1, 0.15) is 45.4 Å². The van der Waals surface area contributed by atoms with Gasteiger partial charge in [-0.25, -0.2) is 0 Å². The zero-order valence-corrected chi connectivity index (χ0v) is 16.9. The SMILES string of the molecule is COCCCNC(=O)C(C)N1CCN(C(=O)CC2CC3CCC(C2)N3)CC1. The van der Waals surface area contributed by atoms with Crippen molar-refractivity contribution in [2.24, 2.45) is 5.92 Å². The minimum Gasteiger partial charge on any atom is -0.385 e. The van der Waals surface area contributed by atoms with Gasteiger partial charge in [-0.3, -0.25) is 14.5 Å². The molecule has 0 aromatic heterocycles. The van der Waals surface area contributed by atoms with Crippen LogP contribution in [0.5, 0.6) is 0 Å². The van der Waals surface area contributed by atoms with Crippen LogP contribution < -0.4 is 10.6 Å². The summed E-state index contributed by atoms with van der Waals surface area (Å²) in [5, 5.41) is 6.62. The maximum Gasteiger partial charge on any atom is 0.237 e. The number of rotatable bonds is 8. The Kier molecular flexibility index (Phi) is 7.49. The molecule has 3 heterocycles. The average Bonchev–Trinajstić information content (AvgIpc) is 3.02. The normalized spacial score (nSPS) is 29.6. The molecule has 3 aliphatic rings. The lowest BCUT2D eigenvalue weighted by Gasteiger charge is -2.38. The van der Waals surface area contributed by atoms with E-state index in [2.05, 4.69) is 15.5 Å². The molecule has 3 rings (SSSR count). The van der Waals surface area contributed by atoms with Gasteiger partial charge in [0.1, 0.15) is 0 Å². The van der Waals surface area contributed by atoms with E-state index in [1.807, 2.05) is 11.8 Å². The van der Waals surface area contributed by atoms with Crippen molar-refractivity contribution in [2.75, 3.05) is 46.4 Å². The van der Waals surface area contributed by atoms with Gasteiger partial charge in [0, 0.05) is 64.9 Å². The van der Waals surface area contributed by atoms with Crippen LogP contribution in [0.2, 0.25) is 0 Å². The third-order valence-corrected chi connectivity index (χ3v) is 6.45. The molecule has 0 saturated carbocycles. The van der Waals surface area contributed by atoms with Crippen molar-refractivity contribution < 1.29 is 14.3 Å². The fraction of sp³-hybridized carbons (Fsp3) is 0.900. The molecular weight excluding hydrogens is 344 g/mol. The maximum absolute atomic E-state index is 12.7. The van der Waals surface area contributed by atoms with Gasteiger partial charge in [-0.15, -0.1) is 0 Å². The number of piperazine rings is 1. The average molecular weight is 381 g/mol. The van der Waals surface area contributed by atoms with Crippen LogP contribution in [0, 0.1) is 5.92 Å². The molecule has 27 heavy (non-hydrogen) atoms. The predicted octanol–water partition coefficient (Wildman–Crippen LogP) is 0.593. The maximum atomic E-state index is 12.7. The molecule has 0 aromatic carbocycles. The van der Waals surface area contributed by atoms with E-state index >= 15 is 0 Å². The van der Waals surface area contributed by atoms with Gasteiger partial charge < -0.3 is 20.3 Å². The summed E-state index contributed by atoms with van der Waals surface area (Å²) < 4.78 is 5.00. The first kappa shape index (κ1) is 20.6. The topological polar surface area (TPSA) is 73.9 Å². The van der Waals surface area contributed by atoms with Crippen LogP contribution in [0.15, 0.2) is 0 Å². The van der Waals surface area contributed by atoms with Crippen molar-refractivity contribution in [1.82, 2.24) is 20.4 Å². The highest BCUT2D eigenvalue weighted by Gasteiger charge is 2.35. The van der Waals surface area contributed by atoms with E-state index in [0.29, 0.717) is 43.5 Å². The van der Waals surface area contributed by atoms with Crippen LogP contribution in [0.3, 0.4) is 0 Å². The van der Waals surface area contributed by atoms with Crippen LogP contribution in [0.4, 0.5) is 0 Å². The van der Waals surface area contributed by atoms with E-state index in [9.17, 15) is 9.59 Å². The Morgan fingerprint density at radius 2 is 1.81 bits per heavy atom. The number of fused-ring (bicyclic) bond motifs is 2. The number of carbonyl (C=O) groups excluding carboxylic acids is 2. The Hall–Kier alpha value is -1.18. The smallest absolute Gasteiger partial charge is 0.237 e. The molecule has 7 heteroatoms. The summed E-state index contributed by atoms with van der Waals surface area (Å²) >= 11 is 0. The Morgan fingerprint density at radius 1 is 1.15 bits per heavy atom. The van der Waals surface area contributed by atoms with Crippen molar-refractivity contribution in [3.05, 3.63) is 0 Å². The van der Waals surface area contributed by atoms with Crippen LogP contribution in [0.25, 0.3) is 0 Å². The molecule has 2 bridgehead atoms. The second-order valence-electron chi connectivity index (χ2n) is 8.41. The number of nitrogens with zero attached hydrogens (tertiary/aromatic N) is 2. The molecule has 3 atom stereocenters. The Bertz CT molecular complexity index is 495. The van der Waals surface area contributed by atoms with Gasteiger partial charge >= 0.3 is 0 Å². The summed E-state index contributed by atoms with van der Waals surface area (Å²) in [6, 6.07) is 1.13. The van der Waals surface area contributed by atoms with E-state index in [1.54, 1.807) is 7.11 Å². The summed E-state index contributed by atoms with van der Waals surface area (Å²) in [5.41, 5.74) is 0. The Balaban J connectivity index is 1.36. The number of piperidine rings is 1. The standard InChI is InChI=1S/C20H36N4O3/c1-15(20(26)21-6-3-11-27-2)23-7-9-24(10-8-23)19(25)14-16-12-17-4-5-18(13-16)22-17/h15-18,22H,3-14H2,1-2H3,(H,21,26). The minimum atomic E-state index is -0.148. The number of hydrogen-bond donors (Lipinski definition) is 2. The summed E-state index contributed by atoms with van der Waals surface area (Å²) in [4.78, 5) is 29.2. The largest absolute Gasteiger partial charge is 0.385 e. The zero-order chi connectivity index (χ0) is 19.2. The number of hydrogen-bond acceptors (Lipinski definition) is 5. The zero-order valence-electron chi connectivity index (χ0n) is 16.9. The van der Waals surface area contributed by atoms with E-state index < -0.39 is 0 Å². The van der Waals surface area contributed by atoms with Crippen molar-refractivity contribution in [1.29, 1.82) is 0 Å². The van der Waals surface area contributed by atoms with Gasteiger partial charge in [-0.2, -0.15) is 0 Å². The monoisotopic (exact) mass is 380 g/mol. The lowest BCUT2D eigenvalue weighted by atomic mass is 9.89. The van der Waals surface area contributed by atoms with Crippen LogP contribution in [-0.2, 0) is 14.3 Å². The molecule has 0 spiro atoms. The minimum absolute atomic E-state index is 0.0658. The van der Waals surface area contributed by atoms with Crippen molar-refractivity contribution >= 4 is 11.8 Å². The van der Waals surface area contributed by atoms with Crippen LogP contribution >= 0.6 is 0 Å². The highest BCUT2D eigenvalue weighted by atomic mass is 16.5. The molecule has 0 aliphatic carbocycles. The van der Waals surface area contributed by atoms with Crippen LogP contribution in [-0.4, -0.2) is 86.2 Å². The first-order chi connectivity index (χ1) is 13.1. The molecule has 2 amide bonds. The highest BCUT2D eigenvalue weighted by molar-refractivity contribution is 5.81. The van der Waals surface area contributed by atoms with E-state index in [0.717, 1.165) is 45.4 Å². The van der Waals surface area contributed by atoms with Crippen molar-refractivity contribution in [3.8, 4) is 0 Å². The Morgan fingerprint density at radius 3 is 2.44 bits per heavy atom. The summed E-state index contributed by atoms with van der Waals surface area (Å²) in [7, 11) is 1.67. The molecular formula is C20H36N4O3. The predicted molar refractivity (Wildman–Crippen MR) is 104 cm³/mol. The molecule has 0 radical (unpaired) electrons. The molecule has 3 aliphatic heterocycles. The number of ether oxygens (including phenoxy) is 1. The third-order valence-electron chi connectivity index (χ3n) is 6.45. The lowest BCUT2D eigenvalue weighted by Crippen LogP contribution is -2.55. The Labute approximate surface area is 163 Å². The molecule has 7 nitrogen and oxygen atoms in total. The summed E-state index contributed by atoms with van der Waals surface area (Å²) in [6.45, 7) is 6.28. The second kappa shape index (κ2) is 9.85. The lowest BCUT2D eigenvalue weighted by molar-refractivity contribution is -0.135. The molecule has 3 unspecified atom stereocenters. The molecule has 3 saturated heterocycles. The molecule has 0 aromatic rings. The molecule has 2 N–H and O–H groups in total. The first-order valence-corrected chi connectivity index (χ1v) is 10.6. The number of methoxy groups -OCH3 is 1. The van der Waals surface area contributed by atoms with Gasteiger partial charge in [-0.05, 0) is 44.9 Å². The van der Waals surface area contributed by atoms with Gasteiger partial charge in [0.2, 0.25) is 11.8 Å². The molecule has 154 valence electrons. The van der Waals surface area contributed by atoms with Gasteiger partial charge in [-0.1, -0.05) is 0 Å². The molecule has 3 fully saturated rings. The van der Waals surface area contributed by atoms with Gasteiger partial charge in [0.15, 0.2) is 0 Å². The summed E-state index contributed by atoms with van der Waals surface area (Å²) in [5.74, 6) is 0.916. The van der Waals surface area contributed by atoms with Gasteiger partial charge in [0.25, 0.3) is 0 Å². The highest BCUT2D eigenvalue weighted by Crippen LogP contribution is 2.33. The number of nitrogens with one attached hydrogen (secondary N) is 2. The summed E-state index contributed by atoms with van der Waals surface area (Å²) in [6.07, 6.45) is 6.39. The fourth-order valence-corrected chi connectivity index (χ4v) is 4.82. The fourth-order valence-electron chi connectivity index (χ4n) is 4.82. The first-order valence-electron chi connectivity index (χ1n) is 10.6. The van der Waals surface area contributed by atoms with E-state index in [-0.39, 0.29) is 11.9 Å². The van der Waals surface area contributed by atoms with Crippen molar-refractivity contribution in [2.45, 2.75) is 63.6 Å². The third kappa shape index (κ3) is 5.65. The number of carbonyl (C=O) groups is 2. The van der Waals surface area contributed by atoms with Gasteiger partial charge in [0.05, 0.1) is 6.04 Å². The van der Waals surface area contributed by atoms with E-state index in [4.69, 9.17) is 4.74 Å². The second-order valence-corrected chi connectivity index (χ2v) is 8.41. The quantitative estimate of drug-likeness (QED) is 0.603. The van der Waals surface area contributed by atoms with E-state index in [1.165, 1.54) is 12.8 Å². The van der Waals surface area contributed by atoms with Crippen molar-refractivity contribution in [3.63, 3.8) is 0 Å².